The van der Waals surface area contributed by atoms with Crippen molar-refractivity contribution in [1.82, 2.24) is 0 Å². The molecule has 1 aliphatic rings. The fourth-order valence-electron chi connectivity index (χ4n) is 3.01. The summed E-state index contributed by atoms with van der Waals surface area (Å²) in [6.45, 7) is 0.995. The van der Waals surface area contributed by atoms with E-state index in [1.54, 1.807) is 14.2 Å². The molecule has 134 valence electrons. The number of hydrogen-bond acceptors (Lipinski definition) is 4. The van der Waals surface area contributed by atoms with E-state index in [-0.39, 0.29) is 29.9 Å². The third-order valence-corrected chi connectivity index (χ3v) is 4.37. The van der Waals surface area contributed by atoms with Gasteiger partial charge < -0.3 is 38.2 Å². The second-order valence-electron chi connectivity index (χ2n) is 5.77. The minimum atomic E-state index is -0.140. The zero-order valence-corrected chi connectivity index (χ0v) is 17.0. The van der Waals surface area contributed by atoms with Gasteiger partial charge in [0.05, 0.1) is 21.3 Å². The third-order valence-electron chi connectivity index (χ3n) is 4.37. The van der Waals surface area contributed by atoms with Gasteiger partial charge in [-0.3, -0.25) is 4.79 Å². The minimum Gasteiger partial charge on any atom is -1.00 e. The number of unbranched alkanes of at least 4 members (excludes halogenated alkanes) is 1. The second kappa shape index (κ2) is 9.86. The number of ether oxygens (including phenoxy) is 3. The Balaban J connectivity index is 0.00000288. The monoisotopic (exact) mass is 447 g/mol. The Morgan fingerprint density at radius 3 is 2.42 bits per heavy atom. The summed E-state index contributed by atoms with van der Waals surface area (Å²) in [5, 5.41) is 0. The first kappa shape index (κ1) is 20.7. The molecule has 0 bridgehead atoms. The third kappa shape index (κ3) is 4.84. The lowest BCUT2D eigenvalue weighted by Gasteiger charge is -2.19. The molecule has 0 atom stereocenters. The number of hydrogen-bond donors (Lipinski definition) is 0. The molecule has 0 saturated carbocycles. The van der Waals surface area contributed by atoms with Crippen molar-refractivity contribution in [3.63, 3.8) is 0 Å². The highest BCUT2D eigenvalue weighted by atomic mass is 127. The zero-order chi connectivity index (χ0) is 16.8. The molecule has 1 heterocycles. The van der Waals surface area contributed by atoms with Gasteiger partial charge in [0, 0.05) is 24.8 Å². The standard InChI is InChI=1S/C18H26NO4.HI/c1-19-10-9-13-11-16(21-2)17(22-3)12-14(13)15(19)7-5-6-8-18(20)23-4;/h11-12H,5-10H2,1-4H3;1H/q+1;/p-1. The highest BCUT2D eigenvalue weighted by molar-refractivity contribution is 5.99. The van der Waals surface area contributed by atoms with Crippen LogP contribution in [-0.2, 0) is 16.0 Å². The summed E-state index contributed by atoms with van der Waals surface area (Å²) in [7, 11) is 6.88. The van der Waals surface area contributed by atoms with Gasteiger partial charge in [0.1, 0.15) is 13.6 Å². The maximum Gasteiger partial charge on any atom is 0.305 e. The van der Waals surface area contributed by atoms with E-state index < -0.39 is 0 Å². The first-order chi connectivity index (χ1) is 11.1. The van der Waals surface area contributed by atoms with E-state index in [0.29, 0.717) is 6.42 Å². The van der Waals surface area contributed by atoms with E-state index in [9.17, 15) is 4.79 Å². The maximum absolute atomic E-state index is 11.2. The molecule has 0 spiro atoms. The van der Waals surface area contributed by atoms with Gasteiger partial charge in [0.25, 0.3) is 0 Å². The Morgan fingerprint density at radius 2 is 1.79 bits per heavy atom. The molecule has 0 aliphatic carbocycles. The predicted octanol–water partition coefficient (Wildman–Crippen LogP) is -0.571. The number of rotatable bonds is 7. The van der Waals surface area contributed by atoms with Gasteiger partial charge in [-0.15, -0.1) is 0 Å². The summed E-state index contributed by atoms with van der Waals surface area (Å²) in [5.41, 5.74) is 3.83. The number of esters is 1. The van der Waals surface area contributed by atoms with Gasteiger partial charge in [-0.1, -0.05) is 0 Å². The van der Waals surface area contributed by atoms with Gasteiger partial charge >= 0.3 is 5.97 Å². The van der Waals surface area contributed by atoms with E-state index >= 15 is 0 Å². The van der Waals surface area contributed by atoms with E-state index in [0.717, 1.165) is 43.7 Å². The summed E-state index contributed by atoms with van der Waals surface area (Å²) < 4.78 is 17.8. The molecule has 0 saturated heterocycles. The molecule has 1 aliphatic heterocycles. The summed E-state index contributed by atoms with van der Waals surface area (Å²) in [5.74, 6) is 1.40. The molecule has 0 fully saturated rings. The van der Waals surface area contributed by atoms with Crippen molar-refractivity contribution in [1.29, 1.82) is 0 Å². The Hall–Kier alpha value is -1.31. The molecule has 6 heteroatoms. The average molecular weight is 447 g/mol. The van der Waals surface area contributed by atoms with Crippen LogP contribution < -0.4 is 33.5 Å². The fourth-order valence-corrected chi connectivity index (χ4v) is 3.01. The summed E-state index contributed by atoms with van der Waals surface area (Å²) in [6.07, 6.45) is 4.22. The lowest BCUT2D eigenvalue weighted by molar-refractivity contribution is -0.499. The molecule has 0 amide bonds. The molecular weight excluding hydrogens is 421 g/mol. The normalized spacial score (nSPS) is 13.0. The molecule has 0 radical (unpaired) electrons. The second-order valence-corrected chi connectivity index (χ2v) is 5.77. The van der Waals surface area contributed by atoms with Crippen molar-refractivity contribution in [2.75, 3.05) is 34.9 Å². The van der Waals surface area contributed by atoms with Crippen molar-refractivity contribution in [3.8, 4) is 11.5 Å². The summed E-state index contributed by atoms with van der Waals surface area (Å²) >= 11 is 0. The largest absolute Gasteiger partial charge is 1.00 e. The maximum atomic E-state index is 11.2. The number of carbonyl (C=O) groups excluding carboxylic acids is 1. The van der Waals surface area contributed by atoms with E-state index in [1.165, 1.54) is 23.9 Å². The highest BCUT2D eigenvalue weighted by Crippen LogP contribution is 2.33. The number of likely N-dealkylation sites (N-methyl/N-ethyl adjacent to an activating group) is 1. The summed E-state index contributed by atoms with van der Waals surface area (Å²) in [4.78, 5) is 11.2. The van der Waals surface area contributed by atoms with Crippen LogP contribution in [0.2, 0.25) is 0 Å². The molecule has 2 rings (SSSR count). The van der Waals surface area contributed by atoms with Crippen LogP contribution in [0.1, 0.15) is 36.8 Å². The van der Waals surface area contributed by atoms with Crippen molar-refractivity contribution in [2.24, 2.45) is 0 Å². The van der Waals surface area contributed by atoms with E-state index in [4.69, 9.17) is 9.47 Å². The van der Waals surface area contributed by atoms with Gasteiger partial charge in [-0.2, -0.15) is 0 Å². The van der Waals surface area contributed by atoms with Crippen LogP contribution in [0.15, 0.2) is 12.1 Å². The molecule has 24 heavy (non-hydrogen) atoms. The van der Waals surface area contributed by atoms with Crippen LogP contribution in [0.3, 0.4) is 0 Å². The first-order valence-electron chi connectivity index (χ1n) is 7.99. The van der Waals surface area contributed by atoms with Crippen molar-refractivity contribution < 1.29 is 47.6 Å². The molecule has 0 aromatic heterocycles. The number of methoxy groups -OCH3 is 3. The quantitative estimate of drug-likeness (QED) is 0.243. The van der Waals surface area contributed by atoms with Crippen LogP contribution in [0, 0.1) is 0 Å². The molecule has 5 nitrogen and oxygen atoms in total. The Labute approximate surface area is 161 Å². The van der Waals surface area contributed by atoms with Gasteiger partial charge in [-0.25, -0.2) is 4.58 Å². The number of benzene rings is 1. The first-order valence-corrected chi connectivity index (χ1v) is 7.99. The van der Waals surface area contributed by atoms with Crippen LogP contribution in [0.5, 0.6) is 11.5 Å². The highest BCUT2D eigenvalue weighted by Gasteiger charge is 2.25. The number of halogens is 1. The smallest absolute Gasteiger partial charge is 0.305 e. The SMILES string of the molecule is COC(=O)CCCCC1=[N+](C)CCc2cc(OC)c(OC)cc21.[I-]. The fraction of sp³-hybridized carbons (Fsp3) is 0.556. The van der Waals surface area contributed by atoms with E-state index in [2.05, 4.69) is 28.5 Å². The Bertz CT molecular complexity index is 613. The number of nitrogens with zero attached hydrogens (tertiary/aromatic N) is 1. The number of carbonyl (C=O) groups is 1. The van der Waals surface area contributed by atoms with Crippen molar-refractivity contribution >= 4 is 11.7 Å². The topological polar surface area (TPSA) is 47.8 Å². The van der Waals surface area contributed by atoms with Crippen LogP contribution in [-0.4, -0.2) is 51.2 Å². The zero-order valence-electron chi connectivity index (χ0n) is 14.9. The molecular formula is C18H26INO4. The van der Waals surface area contributed by atoms with Crippen LogP contribution in [0.4, 0.5) is 0 Å². The molecule has 1 aromatic carbocycles. The Morgan fingerprint density at radius 1 is 1.12 bits per heavy atom. The lowest BCUT2D eigenvalue weighted by atomic mass is 9.93. The number of fused-ring (bicyclic) bond motifs is 1. The molecule has 1 aromatic rings. The minimum absolute atomic E-state index is 0. The molecule has 0 N–H and O–H groups in total. The van der Waals surface area contributed by atoms with E-state index in [1.807, 2.05) is 0 Å². The van der Waals surface area contributed by atoms with Crippen molar-refractivity contribution in [2.45, 2.75) is 32.1 Å². The van der Waals surface area contributed by atoms with Gasteiger partial charge in [0.15, 0.2) is 17.2 Å². The van der Waals surface area contributed by atoms with Crippen LogP contribution >= 0.6 is 0 Å². The van der Waals surface area contributed by atoms with Gasteiger partial charge in [0.2, 0.25) is 0 Å². The molecule has 0 unspecified atom stereocenters. The summed E-state index contributed by atoms with van der Waals surface area (Å²) in [6, 6.07) is 4.15. The van der Waals surface area contributed by atoms with Crippen molar-refractivity contribution in [3.05, 3.63) is 23.3 Å². The predicted molar refractivity (Wildman–Crippen MR) is 88.9 cm³/mol. The lowest BCUT2D eigenvalue weighted by Crippen LogP contribution is -3.00. The Kier molecular flexibility index (Phi) is 8.52. The van der Waals surface area contributed by atoms with Crippen LogP contribution in [0.25, 0.3) is 0 Å². The van der Waals surface area contributed by atoms with Gasteiger partial charge in [-0.05, 0) is 30.5 Å². The average Bonchev–Trinajstić information content (AvgIpc) is 2.58.